The van der Waals surface area contributed by atoms with Crippen LogP contribution in [0.5, 0.6) is 0 Å². The normalized spacial score (nSPS) is 23.9. The Kier molecular flexibility index (Phi) is 4.44. The molecule has 0 amide bonds. The molecule has 132 valence electrons. The van der Waals surface area contributed by atoms with Crippen LogP contribution >= 0.6 is 0 Å². The van der Waals surface area contributed by atoms with E-state index in [1.54, 1.807) is 6.07 Å². The lowest BCUT2D eigenvalue weighted by Crippen LogP contribution is -2.44. The Bertz CT molecular complexity index is 776. The van der Waals surface area contributed by atoms with Crippen molar-refractivity contribution in [2.24, 2.45) is 0 Å². The number of hydrogen-bond acceptors (Lipinski definition) is 5. The highest BCUT2D eigenvalue weighted by atomic mass is 16.5. The number of rotatable bonds is 3. The molecule has 2 aromatic rings. The van der Waals surface area contributed by atoms with Gasteiger partial charge in [0.2, 0.25) is 0 Å². The lowest BCUT2D eigenvalue weighted by Gasteiger charge is -2.36. The molecule has 0 saturated carbocycles. The topological polar surface area (TPSA) is 61.5 Å². The molecule has 1 N–H and O–H groups in total. The maximum atomic E-state index is 12.3. The van der Waals surface area contributed by atoms with Crippen LogP contribution in [0.15, 0.2) is 41.3 Å². The van der Waals surface area contributed by atoms with E-state index in [4.69, 9.17) is 4.74 Å². The van der Waals surface area contributed by atoms with Crippen LogP contribution in [0.1, 0.15) is 31.5 Å². The number of nitrogens with one attached hydrogen (secondary N) is 1. The van der Waals surface area contributed by atoms with E-state index < -0.39 is 0 Å². The lowest BCUT2D eigenvalue weighted by atomic mass is 10.1. The number of pyridine rings is 2. The Hall–Kier alpha value is -2.34. The standard InChI is InChI=1S/C19H24N4O2/c1-14-13-25-10-9-22(14)15-11-18(21-19(24)12-15)23-8-4-6-17(23)16-5-2-3-7-20-16/h2-3,5,7,11-12,14,17H,4,6,8-10,13H2,1H3,(H,21,24)/t14-,17-/m1/s1. The van der Waals surface area contributed by atoms with Crippen molar-refractivity contribution in [3.05, 3.63) is 52.6 Å². The van der Waals surface area contributed by atoms with Gasteiger partial charge in [-0.05, 0) is 31.9 Å². The summed E-state index contributed by atoms with van der Waals surface area (Å²) in [6.07, 6.45) is 3.99. The van der Waals surface area contributed by atoms with Crippen LogP contribution in [0.4, 0.5) is 11.5 Å². The largest absolute Gasteiger partial charge is 0.377 e. The van der Waals surface area contributed by atoms with Crippen molar-refractivity contribution in [3.8, 4) is 0 Å². The molecule has 25 heavy (non-hydrogen) atoms. The minimum absolute atomic E-state index is 0.0575. The summed E-state index contributed by atoms with van der Waals surface area (Å²) in [5.41, 5.74) is 1.98. The summed E-state index contributed by atoms with van der Waals surface area (Å²) in [5, 5.41) is 0. The van der Waals surface area contributed by atoms with Gasteiger partial charge in [0.05, 0.1) is 24.9 Å². The van der Waals surface area contributed by atoms with Crippen molar-refractivity contribution >= 4 is 11.5 Å². The van der Waals surface area contributed by atoms with E-state index in [0.717, 1.165) is 43.1 Å². The van der Waals surface area contributed by atoms with Crippen LogP contribution in [0.25, 0.3) is 0 Å². The van der Waals surface area contributed by atoms with Crippen LogP contribution in [0.3, 0.4) is 0 Å². The highest BCUT2D eigenvalue weighted by Crippen LogP contribution is 2.35. The van der Waals surface area contributed by atoms with E-state index >= 15 is 0 Å². The number of aromatic nitrogens is 2. The van der Waals surface area contributed by atoms with Gasteiger partial charge in [-0.2, -0.15) is 0 Å². The second-order valence-electron chi connectivity index (χ2n) is 6.81. The lowest BCUT2D eigenvalue weighted by molar-refractivity contribution is 0.0989. The zero-order chi connectivity index (χ0) is 17.2. The molecule has 2 aliphatic rings. The van der Waals surface area contributed by atoms with Gasteiger partial charge in [-0.3, -0.25) is 9.78 Å². The Morgan fingerprint density at radius 1 is 1.24 bits per heavy atom. The van der Waals surface area contributed by atoms with Gasteiger partial charge in [0.1, 0.15) is 5.82 Å². The van der Waals surface area contributed by atoms with Crippen LogP contribution in [0.2, 0.25) is 0 Å². The highest BCUT2D eigenvalue weighted by molar-refractivity contribution is 5.57. The maximum absolute atomic E-state index is 12.3. The predicted molar refractivity (Wildman–Crippen MR) is 98.2 cm³/mol. The summed E-state index contributed by atoms with van der Waals surface area (Å²) < 4.78 is 5.52. The fourth-order valence-electron chi connectivity index (χ4n) is 3.88. The van der Waals surface area contributed by atoms with E-state index in [2.05, 4.69) is 38.8 Å². The van der Waals surface area contributed by atoms with E-state index in [1.165, 1.54) is 0 Å². The molecule has 2 fully saturated rings. The molecule has 2 saturated heterocycles. The number of aromatic amines is 1. The Morgan fingerprint density at radius 2 is 2.16 bits per heavy atom. The average Bonchev–Trinajstić information content (AvgIpc) is 3.12. The van der Waals surface area contributed by atoms with Gasteiger partial charge in [0.25, 0.3) is 5.56 Å². The third-order valence-electron chi connectivity index (χ3n) is 5.11. The maximum Gasteiger partial charge on any atom is 0.251 e. The zero-order valence-corrected chi connectivity index (χ0v) is 14.5. The monoisotopic (exact) mass is 340 g/mol. The summed E-state index contributed by atoms with van der Waals surface area (Å²) in [6, 6.07) is 10.3. The third kappa shape index (κ3) is 3.26. The molecular weight excluding hydrogens is 316 g/mol. The van der Waals surface area contributed by atoms with E-state index in [0.29, 0.717) is 13.2 Å². The number of morpholine rings is 1. The van der Waals surface area contributed by atoms with Gasteiger partial charge < -0.3 is 19.5 Å². The minimum Gasteiger partial charge on any atom is -0.377 e. The summed E-state index contributed by atoms with van der Waals surface area (Å²) in [7, 11) is 0. The second kappa shape index (κ2) is 6.88. The predicted octanol–water partition coefficient (Wildman–Crippen LogP) is 2.34. The van der Waals surface area contributed by atoms with Gasteiger partial charge in [0, 0.05) is 43.1 Å². The highest BCUT2D eigenvalue weighted by Gasteiger charge is 2.29. The Balaban J connectivity index is 1.67. The molecule has 0 aliphatic carbocycles. The van der Waals surface area contributed by atoms with E-state index in [1.807, 2.05) is 18.3 Å². The molecule has 6 nitrogen and oxygen atoms in total. The molecule has 2 atom stereocenters. The molecule has 2 aliphatic heterocycles. The quantitative estimate of drug-likeness (QED) is 0.929. The van der Waals surface area contributed by atoms with Gasteiger partial charge >= 0.3 is 0 Å². The third-order valence-corrected chi connectivity index (χ3v) is 5.11. The van der Waals surface area contributed by atoms with E-state index in [-0.39, 0.29) is 17.6 Å². The first-order valence-corrected chi connectivity index (χ1v) is 8.99. The smallest absolute Gasteiger partial charge is 0.251 e. The van der Waals surface area contributed by atoms with Crippen LogP contribution < -0.4 is 15.4 Å². The second-order valence-corrected chi connectivity index (χ2v) is 6.81. The van der Waals surface area contributed by atoms with Crippen molar-refractivity contribution in [2.75, 3.05) is 36.1 Å². The van der Waals surface area contributed by atoms with Gasteiger partial charge in [0.15, 0.2) is 0 Å². The van der Waals surface area contributed by atoms with Gasteiger partial charge in [-0.1, -0.05) is 6.07 Å². The van der Waals surface area contributed by atoms with Crippen LogP contribution in [-0.4, -0.2) is 42.3 Å². The van der Waals surface area contributed by atoms with Crippen LogP contribution in [0, 0.1) is 0 Å². The SMILES string of the molecule is C[C@@H]1COCCN1c1cc(N2CCC[C@@H]2c2ccccn2)[nH]c(=O)c1. The number of hydrogen-bond donors (Lipinski definition) is 1. The molecule has 6 heteroatoms. The first kappa shape index (κ1) is 16.1. The van der Waals surface area contributed by atoms with Crippen molar-refractivity contribution in [1.82, 2.24) is 9.97 Å². The first-order chi connectivity index (χ1) is 12.2. The molecule has 4 rings (SSSR count). The first-order valence-electron chi connectivity index (χ1n) is 8.99. The van der Waals surface area contributed by atoms with Gasteiger partial charge in [-0.15, -0.1) is 0 Å². The van der Waals surface area contributed by atoms with Crippen LogP contribution in [-0.2, 0) is 4.74 Å². The van der Waals surface area contributed by atoms with E-state index in [9.17, 15) is 4.79 Å². The summed E-state index contributed by atoms with van der Waals surface area (Å²) in [4.78, 5) is 24.4. The fraction of sp³-hybridized carbons (Fsp3) is 0.474. The average molecular weight is 340 g/mol. The van der Waals surface area contributed by atoms with Crippen molar-refractivity contribution in [2.45, 2.75) is 31.8 Å². The molecular formula is C19H24N4O2. The number of ether oxygens (including phenoxy) is 1. The molecule has 0 unspecified atom stereocenters. The zero-order valence-electron chi connectivity index (χ0n) is 14.5. The molecule has 0 radical (unpaired) electrons. The number of H-pyrrole nitrogens is 1. The molecule has 4 heterocycles. The molecule has 0 spiro atoms. The molecule has 2 aromatic heterocycles. The summed E-state index contributed by atoms with van der Waals surface area (Å²) >= 11 is 0. The molecule has 0 aromatic carbocycles. The Morgan fingerprint density at radius 3 is 2.96 bits per heavy atom. The molecule has 0 bridgehead atoms. The minimum atomic E-state index is -0.0575. The number of anilines is 2. The Labute approximate surface area is 147 Å². The van der Waals surface area contributed by atoms with Gasteiger partial charge in [-0.25, -0.2) is 0 Å². The fourth-order valence-corrected chi connectivity index (χ4v) is 3.88. The summed E-state index contributed by atoms with van der Waals surface area (Å²) in [6.45, 7) is 5.27. The van der Waals surface area contributed by atoms with Crippen molar-refractivity contribution < 1.29 is 4.74 Å². The van der Waals surface area contributed by atoms with Crippen molar-refractivity contribution in [1.29, 1.82) is 0 Å². The summed E-state index contributed by atoms with van der Waals surface area (Å²) in [5.74, 6) is 0.884. The van der Waals surface area contributed by atoms with Crippen molar-refractivity contribution in [3.63, 3.8) is 0 Å². The number of nitrogens with zero attached hydrogens (tertiary/aromatic N) is 3.